The smallest absolute Gasteiger partial charge is 0.127 e. The Bertz CT molecular complexity index is 801. The van der Waals surface area contributed by atoms with Crippen molar-refractivity contribution < 1.29 is 14.9 Å². The van der Waals surface area contributed by atoms with Crippen LogP contribution < -0.4 is 4.74 Å². The maximum Gasteiger partial charge on any atom is 0.127 e. The number of ether oxygens (including phenoxy) is 1. The van der Waals surface area contributed by atoms with Crippen LogP contribution in [-0.2, 0) is 0 Å². The quantitative estimate of drug-likeness (QED) is 0.680. The van der Waals surface area contributed by atoms with Gasteiger partial charge in [0, 0.05) is 5.56 Å². The van der Waals surface area contributed by atoms with E-state index in [2.05, 4.69) is 6.58 Å². The van der Waals surface area contributed by atoms with Gasteiger partial charge < -0.3 is 14.9 Å². The summed E-state index contributed by atoms with van der Waals surface area (Å²) in [5.74, 6) is 1.66. The van der Waals surface area contributed by atoms with Crippen LogP contribution in [0.5, 0.6) is 17.2 Å². The highest BCUT2D eigenvalue weighted by molar-refractivity contribution is 5.66. The summed E-state index contributed by atoms with van der Waals surface area (Å²) >= 11 is 0. The van der Waals surface area contributed by atoms with Gasteiger partial charge in [0.05, 0.1) is 0 Å². The van der Waals surface area contributed by atoms with Crippen molar-refractivity contribution in [3.63, 3.8) is 0 Å². The number of rotatable bonds is 4. The van der Waals surface area contributed by atoms with Crippen LogP contribution in [0, 0.1) is 0 Å². The molecule has 0 amide bonds. The van der Waals surface area contributed by atoms with Gasteiger partial charge in [0.2, 0.25) is 0 Å². The maximum absolute atomic E-state index is 9.33. The van der Waals surface area contributed by atoms with Crippen molar-refractivity contribution in [2.45, 2.75) is 0 Å². The molecule has 3 nitrogen and oxygen atoms in total. The Labute approximate surface area is 134 Å². The van der Waals surface area contributed by atoms with E-state index in [4.69, 9.17) is 4.74 Å². The zero-order valence-corrected chi connectivity index (χ0v) is 12.4. The first-order chi connectivity index (χ1) is 11.1. The predicted molar refractivity (Wildman–Crippen MR) is 91.3 cm³/mol. The van der Waals surface area contributed by atoms with Crippen LogP contribution >= 0.6 is 0 Å². The second kappa shape index (κ2) is 6.28. The molecule has 0 spiro atoms. The molecule has 0 atom stereocenters. The first kappa shape index (κ1) is 14.7. The van der Waals surface area contributed by atoms with Gasteiger partial charge in [-0.3, -0.25) is 0 Å². The zero-order valence-electron chi connectivity index (χ0n) is 12.4. The van der Waals surface area contributed by atoms with E-state index in [1.807, 2.05) is 36.4 Å². The lowest BCUT2D eigenvalue weighted by Crippen LogP contribution is -1.93. The monoisotopic (exact) mass is 304 g/mol. The van der Waals surface area contributed by atoms with Gasteiger partial charge in [-0.15, -0.1) is 0 Å². The van der Waals surface area contributed by atoms with E-state index in [0.717, 1.165) is 16.7 Å². The van der Waals surface area contributed by atoms with Gasteiger partial charge in [-0.25, -0.2) is 0 Å². The predicted octanol–water partition coefficient (Wildman–Crippen LogP) is 4.81. The first-order valence-corrected chi connectivity index (χ1v) is 7.17. The summed E-state index contributed by atoms with van der Waals surface area (Å²) in [5.41, 5.74) is 2.87. The molecule has 2 N–H and O–H groups in total. The molecule has 0 saturated carbocycles. The molecule has 3 rings (SSSR count). The Balaban J connectivity index is 1.73. The maximum atomic E-state index is 9.33. The topological polar surface area (TPSA) is 49.7 Å². The minimum atomic E-state index is 0.208. The van der Waals surface area contributed by atoms with Gasteiger partial charge in [0.25, 0.3) is 0 Å². The molecular weight excluding hydrogens is 288 g/mol. The fraction of sp³-hybridized carbons (Fsp3) is 0. The second-order valence-electron chi connectivity index (χ2n) is 5.14. The summed E-state index contributed by atoms with van der Waals surface area (Å²) in [6, 6.07) is 21.4. The molecule has 0 unspecified atom stereocenters. The van der Waals surface area contributed by atoms with Crippen molar-refractivity contribution >= 4 is 5.76 Å². The fourth-order valence-corrected chi connectivity index (χ4v) is 2.22. The summed E-state index contributed by atoms with van der Waals surface area (Å²) in [4.78, 5) is 0. The molecule has 0 aliphatic carbocycles. The molecule has 114 valence electrons. The van der Waals surface area contributed by atoms with Gasteiger partial charge in [-0.2, -0.15) is 0 Å². The third kappa shape index (κ3) is 3.52. The molecule has 3 aromatic carbocycles. The van der Waals surface area contributed by atoms with E-state index in [1.54, 1.807) is 36.4 Å². The van der Waals surface area contributed by atoms with Crippen molar-refractivity contribution in [1.29, 1.82) is 0 Å². The normalized spacial score (nSPS) is 10.3. The Hall–Kier alpha value is -3.20. The molecule has 0 aromatic heterocycles. The molecule has 0 aliphatic heterocycles. The lowest BCUT2D eigenvalue weighted by Gasteiger charge is -2.10. The average Bonchev–Trinajstić information content (AvgIpc) is 2.57. The highest BCUT2D eigenvalue weighted by atomic mass is 16.5. The molecule has 0 fully saturated rings. The van der Waals surface area contributed by atoms with Crippen LogP contribution in [0.25, 0.3) is 16.9 Å². The molecule has 3 aromatic rings. The van der Waals surface area contributed by atoms with Crippen LogP contribution in [0.15, 0.2) is 79.4 Å². The summed E-state index contributed by atoms with van der Waals surface area (Å²) in [6.45, 7) is 3.91. The summed E-state index contributed by atoms with van der Waals surface area (Å²) < 4.78 is 5.73. The Morgan fingerprint density at radius 1 is 0.652 bits per heavy atom. The van der Waals surface area contributed by atoms with Crippen LogP contribution in [0.4, 0.5) is 0 Å². The van der Waals surface area contributed by atoms with Gasteiger partial charge in [-0.05, 0) is 59.7 Å². The number of hydrogen-bond acceptors (Lipinski definition) is 3. The van der Waals surface area contributed by atoms with Gasteiger partial charge in [0.15, 0.2) is 0 Å². The zero-order chi connectivity index (χ0) is 16.2. The van der Waals surface area contributed by atoms with E-state index in [9.17, 15) is 10.2 Å². The summed E-state index contributed by atoms with van der Waals surface area (Å²) in [5, 5.41) is 18.6. The SMILES string of the molecule is C=C(Oc1ccc(-c2ccc(O)cc2)cc1)c1ccc(O)cc1. The second-order valence-corrected chi connectivity index (χ2v) is 5.14. The molecule has 0 heterocycles. The van der Waals surface area contributed by atoms with Gasteiger partial charge in [0.1, 0.15) is 23.0 Å². The molecule has 23 heavy (non-hydrogen) atoms. The summed E-state index contributed by atoms with van der Waals surface area (Å²) in [7, 11) is 0. The van der Waals surface area contributed by atoms with E-state index in [0.29, 0.717) is 11.5 Å². The minimum absolute atomic E-state index is 0.208. The van der Waals surface area contributed by atoms with E-state index in [1.165, 1.54) is 0 Å². The molecular formula is C20H16O3. The molecule has 0 aliphatic rings. The number of phenolic OH excluding ortho intramolecular Hbond substituents is 2. The molecule has 0 bridgehead atoms. The van der Waals surface area contributed by atoms with Crippen LogP contribution in [0.3, 0.4) is 0 Å². The molecule has 0 saturated heterocycles. The lowest BCUT2D eigenvalue weighted by molar-refractivity contribution is 0.474. The Morgan fingerprint density at radius 3 is 1.61 bits per heavy atom. The van der Waals surface area contributed by atoms with E-state index in [-0.39, 0.29) is 11.5 Å². The van der Waals surface area contributed by atoms with E-state index >= 15 is 0 Å². The molecule has 0 radical (unpaired) electrons. The third-order valence-electron chi connectivity index (χ3n) is 3.49. The van der Waals surface area contributed by atoms with Crippen LogP contribution in [0.1, 0.15) is 5.56 Å². The highest BCUT2D eigenvalue weighted by Gasteiger charge is 2.03. The number of hydrogen-bond donors (Lipinski definition) is 2. The number of phenols is 2. The largest absolute Gasteiger partial charge is 0.508 e. The van der Waals surface area contributed by atoms with Crippen molar-refractivity contribution in [1.82, 2.24) is 0 Å². The van der Waals surface area contributed by atoms with Gasteiger partial charge in [-0.1, -0.05) is 30.8 Å². The van der Waals surface area contributed by atoms with Crippen molar-refractivity contribution in [3.05, 3.63) is 84.9 Å². The number of benzene rings is 3. The third-order valence-corrected chi connectivity index (χ3v) is 3.49. The first-order valence-electron chi connectivity index (χ1n) is 7.17. The van der Waals surface area contributed by atoms with Gasteiger partial charge >= 0.3 is 0 Å². The Morgan fingerprint density at radius 2 is 1.09 bits per heavy atom. The number of aromatic hydroxyl groups is 2. The minimum Gasteiger partial charge on any atom is -0.508 e. The standard InChI is InChI=1S/C20H16O3/c1-14(15-2-8-18(21)9-3-15)23-20-12-6-17(7-13-20)16-4-10-19(22)11-5-16/h2-13,21-22H,1H2. The van der Waals surface area contributed by atoms with Crippen molar-refractivity contribution in [2.75, 3.05) is 0 Å². The molecule has 3 heteroatoms. The summed E-state index contributed by atoms with van der Waals surface area (Å²) in [6.07, 6.45) is 0. The fourth-order valence-electron chi connectivity index (χ4n) is 2.22. The Kier molecular flexibility index (Phi) is 4.02. The van der Waals surface area contributed by atoms with Crippen molar-refractivity contribution in [2.24, 2.45) is 0 Å². The van der Waals surface area contributed by atoms with E-state index < -0.39 is 0 Å². The lowest BCUT2D eigenvalue weighted by atomic mass is 10.1. The van der Waals surface area contributed by atoms with Crippen LogP contribution in [0.2, 0.25) is 0 Å². The van der Waals surface area contributed by atoms with Crippen LogP contribution in [-0.4, -0.2) is 10.2 Å². The van der Waals surface area contributed by atoms with Crippen molar-refractivity contribution in [3.8, 4) is 28.4 Å². The average molecular weight is 304 g/mol. The highest BCUT2D eigenvalue weighted by Crippen LogP contribution is 2.26.